The molecule has 1 aromatic rings. The summed E-state index contributed by atoms with van der Waals surface area (Å²) in [5.74, 6) is -1.61. The fourth-order valence-electron chi connectivity index (χ4n) is 3.00. The van der Waals surface area contributed by atoms with Gasteiger partial charge in [0.05, 0.1) is 18.1 Å². The number of rotatable bonds is 6. The van der Waals surface area contributed by atoms with Gasteiger partial charge in [-0.1, -0.05) is 12.1 Å². The molecule has 0 unspecified atom stereocenters. The van der Waals surface area contributed by atoms with Crippen molar-refractivity contribution in [2.24, 2.45) is 0 Å². The Bertz CT molecular complexity index is 735. The second kappa shape index (κ2) is 8.58. The summed E-state index contributed by atoms with van der Waals surface area (Å²) in [7, 11) is 1.18. The van der Waals surface area contributed by atoms with E-state index in [4.69, 9.17) is 4.74 Å². The topological polar surface area (TPSA) is 139 Å². The summed E-state index contributed by atoms with van der Waals surface area (Å²) in [5, 5.41) is 23.0. The summed E-state index contributed by atoms with van der Waals surface area (Å²) < 4.78 is 4.71. The van der Waals surface area contributed by atoms with Crippen LogP contribution in [0, 0.1) is 10.1 Å². The number of esters is 1. The highest BCUT2D eigenvalue weighted by Crippen LogP contribution is 2.19. The Morgan fingerprint density at radius 2 is 2.00 bits per heavy atom. The summed E-state index contributed by atoms with van der Waals surface area (Å²) in [6.45, 7) is 1.35. The first-order valence-electron chi connectivity index (χ1n) is 8.29. The smallest absolute Gasteiger partial charge is 0.328 e. The second-order valence-electron chi connectivity index (χ2n) is 6.29. The maximum absolute atomic E-state index is 12.6. The van der Waals surface area contributed by atoms with Gasteiger partial charge in [0.2, 0.25) is 11.8 Å². The van der Waals surface area contributed by atoms with Gasteiger partial charge in [-0.3, -0.25) is 19.7 Å². The number of carbonyl (C=O) groups is 3. The Balaban J connectivity index is 2.12. The zero-order chi connectivity index (χ0) is 20.1. The quantitative estimate of drug-likeness (QED) is 0.395. The van der Waals surface area contributed by atoms with Gasteiger partial charge in [0.15, 0.2) is 0 Å². The summed E-state index contributed by atoms with van der Waals surface area (Å²) in [6.07, 6.45) is -0.668. The van der Waals surface area contributed by atoms with Crippen LogP contribution in [0.3, 0.4) is 0 Å². The van der Waals surface area contributed by atoms with E-state index >= 15 is 0 Å². The first-order valence-corrected chi connectivity index (χ1v) is 8.29. The number of carbonyl (C=O) groups excluding carboxylic acids is 3. The van der Waals surface area contributed by atoms with Gasteiger partial charge in [-0.15, -0.1) is 0 Å². The Kier molecular flexibility index (Phi) is 6.45. The van der Waals surface area contributed by atoms with E-state index in [2.05, 4.69) is 5.32 Å². The van der Waals surface area contributed by atoms with E-state index in [1.54, 1.807) is 0 Å². The minimum Gasteiger partial charge on any atom is -0.467 e. The molecule has 27 heavy (non-hydrogen) atoms. The number of nitro groups is 1. The van der Waals surface area contributed by atoms with Crippen LogP contribution >= 0.6 is 0 Å². The lowest BCUT2D eigenvalue weighted by molar-refractivity contribution is -0.384. The molecule has 10 heteroatoms. The lowest BCUT2D eigenvalue weighted by atomic mass is 10.0. The lowest BCUT2D eigenvalue weighted by Crippen LogP contribution is -2.51. The van der Waals surface area contributed by atoms with Crippen molar-refractivity contribution in [3.8, 4) is 0 Å². The van der Waals surface area contributed by atoms with Crippen LogP contribution in [-0.4, -0.2) is 64.6 Å². The number of likely N-dealkylation sites (tertiary alicyclic amines) is 1. The number of amides is 2. The Hall–Kier alpha value is -3.01. The maximum atomic E-state index is 12.6. The van der Waals surface area contributed by atoms with Crippen LogP contribution < -0.4 is 5.32 Å². The van der Waals surface area contributed by atoms with Gasteiger partial charge in [-0.05, 0) is 5.56 Å². The maximum Gasteiger partial charge on any atom is 0.328 e. The number of aliphatic hydroxyl groups excluding tert-OH is 1. The molecule has 2 rings (SSSR count). The summed E-state index contributed by atoms with van der Waals surface area (Å²) in [6, 6.07) is 3.67. The highest BCUT2D eigenvalue weighted by molar-refractivity contribution is 5.91. The number of nitrogens with one attached hydrogen (secondary N) is 1. The summed E-state index contributed by atoms with van der Waals surface area (Å²) in [5.41, 5.74) is 0.501. The van der Waals surface area contributed by atoms with Gasteiger partial charge in [0.25, 0.3) is 5.69 Å². The van der Waals surface area contributed by atoms with E-state index in [0.29, 0.717) is 5.56 Å². The molecule has 2 N–H and O–H groups in total. The van der Waals surface area contributed by atoms with Gasteiger partial charge >= 0.3 is 5.97 Å². The lowest BCUT2D eigenvalue weighted by Gasteiger charge is -2.24. The molecule has 2 amide bonds. The monoisotopic (exact) mass is 379 g/mol. The third kappa shape index (κ3) is 5.00. The predicted molar refractivity (Wildman–Crippen MR) is 92.5 cm³/mol. The SMILES string of the molecule is COC(=O)[C@H](Cc1ccc([N+](=O)[O-])cc1)NC(=O)[C@@H]1C[C@@H](O)CN1C(C)=O. The van der Waals surface area contributed by atoms with E-state index in [-0.39, 0.29) is 31.0 Å². The number of nitro benzene ring substituents is 1. The zero-order valence-electron chi connectivity index (χ0n) is 15.0. The fraction of sp³-hybridized carbons (Fsp3) is 0.471. The van der Waals surface area contributed by atoms with Crippen molar-refractivity contribution in [1.82, 2.24) is 10.2 Å². The van der Waals surface area contributed by atoms with Crippen LogP contribution in [0.2, 0.25) is 0 Å². The number of hydrogen-bond acceptors (Lipinski definition) is 7. The molecule has 1 heterocycles. The number of β-amino-alcohol motifs (C(OH)–C–C–N with tert-alkyl or cyclic N) is 1. The number of methoxy groups -OCH3 is 1. The molecule has 146 valence electrons. The molecule has 1 aliphatic heterocycles. The van der Waals surface area contributed by atoms with E-state index in [1.807, 2.05) is 0 Å². The van der Waals surface area contributed by atoms with Crippen molar-refractivity contribution in [3.05, 3.63) is 39.9 Å². The van der Waals surface area contributed by atoms with E-state index < -0.39 is 35.0 Å². The molecule has 0 spiro atoms. The molecule has 0 aromatic heterocycles. The highest BCUT2D eigenvalue weighted by Gasteiger charge is 2.38. The number of nitrogens with zero attached hydrogens (tertiary/aromatic N) is 2. The van der Waals surface area contributed by atoms with Crippen LogP contribution in [0.15, 0.2) is 24.3 Å². The normalized spacial score (nSPS) is 20.0. The molecule has 10 nitrogen and oxygen atoms in total. The third-order valence-electron chi connectivity index (χ3n) is 4.38. The number of benzene rings is 1. The molecule has 0 aliphatic carbocycles. The number of ether oxygens (including phenoxy) is 1. The summed E-state index contributed by atoms with van der Waals surface area (Å²) in [4.78, 5) is 47.7. The van der Waals surface area contributed by atoms with Crippen LogP contribution in [0.25, 0.3) is 0 Å². The summed E-state index contributed by atoms with van der Waals surface area (Å²) >= 11 is 0. The molecule has 0 bridgehead atoms. The Morgan fingerprint density at radius 3 is 2.52 bits per heavy atom. The van der Waals surface area contributed by atoms with Gasteiger partial charge in [-0.25, -0.2) is 4.79 Å². The van der Waals surface area contributed by atoms with Crippen molar-refractivity contribution < 1.29 is 29.2 Å². The number of aliphatic hydroxyl groups is 1. The molecule has 0 radical (unpaired) electrons. The average molecular weight is 379 g/mol. The van der Waals surface area contributed by atoms with E-state index in [1.165, 1.54) is 43.2 Å². The number of hydrogen-bond donors (Lipinski definition) is 2. The molecule has 1 aromatic carbocycles. The van der Waals surface area contributed by atoms with Gasteiger partial charge in [0.1, 0.15) is 12.1 Å². The van der Waals surface area contributed by atoms with Gasteiger partial charge in [-0.2, -0.15) is 0 Å². The minimum absolute atomic E-state index is 0.0542. The van der Waals surface area contributed by atoms with Crippen molar-refractivity contribution in [2.75, 3.05) is 13.7 Å². The van der Waals surface area contributed by atoms with Crippen molar-refractivity contribution in [2.45, 2.75) is 38.0 Å². The molecular formula is C17H21N3O7. The first kappa shape index (κ1) is 20.3. The van der Waals surface area contributed by atoms with Crippen LogP contribution in [0.1, 0.15) is 18.9 Å². The minimum atomic E-state index is -1.03. The largest absolute Gasteiger partial charge is 0.467 e. The molecule has 1 saturated heterocycles. The van der Waals surface area contributed by atoms with Crippen LogP contribution in [0.5, 0.6) is 0 Å². The highest BCUT2D eigenvalue weighted by atomic mass is 16.6. The molecule has 3 atom stereocenters. The van der Waals surface area contributed by atoms with E-state index in [0.717, 1.165) is 0 Å². The van der Waals surface area contributed by atoms with Gasteiger partial charge < -0.3 is 20.1 Å². The molecule has 0 saturated carbocycles. The van der Waals surface area contributed by atoms with Gasteiger partial charge in [0, 0.05) is 38.4 Å². The van der Waals surface area contributed by atoms with Crippen molar-refractivity contribution in [3.63, 3.8) is 0 Å². The Labute approximate surface area is 155 Å². The van der Waals surface area contributed by atoms with E-state index in [9.17, 15) is 29.6 Å². The molecule has 1 fully saturated rings. The molecule has 1 aliphatic rings. The van der Waals surface area contributed by atoms with Crippen LogP contribution in [-0.2, 0) is 25.5 Å². The second-order valence-corrected chi connectivity index (χ2v) is 6.29. The standard InChI is InChI=1S/C17H21N3O7/c1-10(21)19-9-13(22)8-15(19)16(23)18-14(17(24)27-2)7-11-3-5-12(6-4-11)20(25)26/h3-6,13-15,22H,7-9H2,1-2H3,(H,18,23)/t13-,14+,15+/m1/s1. The predicted octanol–water partition coefficient (Wildman–Crippen LogP) is -0.223. The van der Waals surface area contributed by atoms with Crippen molar-refractivity contribution >= 4 is 23.5 Å². The zero-order valence-corrected chi connectivity index (χ0v) is 15.0. The average Bonchev–Trinajstić information content (AvgIpc) is 3.03. The molecular weight excluding hydrogens is 358 g/mol. The third-order valence-corrected chi connectivity index (χ3v) is 4.38. The first-order chi connectivity index (χ1) is 12.7. The van der Waals surface area contributed by atoms with Crippen molar-refractivity contribution in [1.29, 1.82) is 0 Å². The Morgan fingerprint density at radius 1 is 1.37 bits per heavy atom. The van der Waals surface area contributed by atoms with Crippen LogP contribution in [0.4, 0.5) is 5.69 Å². The fourth-order valence-corrected chi connectivity index (χ4v) is 3.00. The number of non-ortho nitro benzene ring substituents is 1.